The van der Waals surface area contributed by atoms with Crippen LogP contribution in [0.1, 0.15) is 11.1 Å². The van der Waals surface area contributed by atoms with Gasteiger partial charge in [-0.3, -0.25) is 4.79 Å². The van der Waals surface area contributed by atoms with Gasteiger partial charge in [-0.2, -0.15) is 5.10 Å². The summed E-state index contributed by atoms with van der Waals surface area (Å²) in [4.78, 5) is 12.2. The minimum absolute atomic E-state index is 0.106. The van der Waals surface area contributed by atoms with E-state index in [1.54, 1.807) is 6.21 Å². The maximum atomic E-state index is 12.2. The molecule has 0 unspecified atom stereocenters. The monoisotopic (exact) mass is 521 g/mol. The normalized spacial score (nSPS) is 11.0. The van der Waals surface area contributed by atoms with Crippen molar-refractivity contribution in [2.75, 3.05) is 11.9 Å². The first-order valence-electron chi connectivity index (χ1n) is 10.3. The highest BCUT2D eigenvalue weighted by molar-refractivity contribution is 9.10. The molecule has 5 nitrogen and oxygen atoms in total. The van der Waals surface area contributed by atoms with E-state index in [2.05, 4.69) is 31.8 Å². The number of fused-ring (bicyclic) bond motifs is 1. The van der Waals surface area contributed by atoms with Gasteiger partial charge in [-0.05, 0) is 58.8 Å². The molecule has 0 heterocycles. The third kappa shape index (κ3) is 6.34. The maximum Gasteiger partial charge on any atom is 0.259 e. The molecule has 0 bridgehead atoms. The summed E-state index contributed by atoms with van der Waals surface area (Å²) in [5, 5.41) is 9.96. The van der Waals surface area contributed by atoms with Gasteiger partial charge in [0.25, 0.3) is 5.91 Å². The number of amides is 1. The molecule has 166 valence electrons. The van der Waals surface area contributed by atoms with Crippen molar-refractivity contribution >= 4 is 56.1 Å². The second-order valence-corrected chi connectivity index (χ2v) is 8.62. The lowest BCUT2D eigenvalue weighted by Gasteiger charge is -2.12. The number of ether oxygens (including phenoxy) is 1. The number of hydrogen-bond acceptors (Lipinski definition) is 4. The molecule has 0 saturated carbocycles. The van der Waals surface area contributed by atoms with Crippen molar-refractivity contribution in [3.63, 3.8) is 0 Å². The van der Waals surface area contributed by atoms with Gasteiger partial charge >= 0.3 is 0 Å². The van der Waals surface area contributed by atoms with Crippen LogP contribution in [0.25, 0.3) is 10.8 Å². The zero-order chi connectivity index (χ0) is 23.0. The van der Waals surface area contributed by atoms with Crippen LogP contribution in [0.2, 0.25) is 5.02 Å². The lowest BCUT2D eigenvalue weighted by Crippen LogP contribution is -2.25. The van der Waals surface area contributed by atoms with Gasteiger partial charge in [0.15, 0.2) is 0 Å². The highest BCUT2D eigenvalue weighted by atomic mass is 79.9. The molecule has 33 heavy (non-hydrogen) atoms. The van der Waals surface area contributed by atoms with Crippen molar-refractivity contribution in [1.82, 2.24) is 5.43 Å². The lowest BCUT2D eigenvalue weighted by atomic mass is 10.0. The summed E-state index contributed by atoms with van der Waals surface area (Å²) in [6.45, 7) is 0.494. The van der Waals surface area contributed by atoms with E-state index in [1.165, 1.54) is 0 Å². The summed E-state index contributed by atoms with van der Waals surface area (Å²) in [5.41, 5.74) is 5.22. The average Bonchev–Trinajstić information content (AvgIpc) is 2.84. The highest BCUT2D eigenvalue weighted by Crippen LogP contribution is 2.27. The molecule has 2 N–H and O–H groups in total. The molecule has 0 aromatic heterocycles. The van der Waals surface area contributed by atoms with E-state index >= 15 is 0 Å². The van der Waals surface area contributed by atoms with E-state index in [4.69, 9.17) is 16.3 Å². The van der Waals surface area contributed by atoms with Gasteiger partial charge in [0, 0.05) is 20.7 Å². The van der Waals surface area contributed by atoms with Crippen LogP contribution < -0.4 is 15.5 Å². The Kier molecular flexibility index (Phi) is 7.60. The molecule has 0 fully saturated rings. The van der Waals surface area contributed by atoms with Gasteiger partial charge in [0.1, 0.15) is 12.4 Å². The van der Waals surface area contributed by atoms with Crippen molar-refractivity contribution in [2.24, 2.45) is 5.10 Å². The van der Waals surface area contributed by atoms with E-state index in [0.717, 1.165) is 32.1 Å². The minimum Gasteiger partial charge on any atom is -0.488 e. The summed E-state index contributed by atoms with van der Waals surface area (Å²) in [6.07, 6.45) is 1.62. The van der Waals surface area contributed by atoms with E-state index in [9.17, 15) is 4.79 Å². The van der Waals surface area contributed by atoms with Gasteiger partial charge in [0.2, 0.25) is 0 Å². The van der Waals surface area contributed by atoms with Gasteiger partial charge < -0.3 is 10.1 Å². The highest BCUT2D eigenvalue weighted by Gasteiger charge is 2.08. The Labute approximate surface area is 205 Å². The fourth-order valence-electron chi connectivity index (χ4n) is 3.23. The quantitative estimate of drug-likeness (QED) is 0.208. The third-order valence-corrected chi connectivity index (χ3v) is 5.70. The van der Waals surface area contributed by atoms with Crippen molar-refractivity contribution in [3.05, 3.63) is 106 Å². The van der Waals surface area contributed by atoms with Crippen molar-refractivity contribution in [1.29, 1.82) is 0 Å². The van der Waals surface area contributed by atoms with Crippen LogP contribution in [0.15, 0.2) is 94.5 Å². The summed E-state index contributed by atoms with van der Waals surface area (Å²) in [7, 11) is 0. The predicted octanol–water partition coefficient (Wildman–Crippen LogP) is 6.40. The molecule has 0 radical (unpaired) electrons. The molecule has 0 aliphatic heterocycles. The van der Waals surface area contributed by atoms with Crippen LogP contribution in [0.4, 0.5) is 5.69 Å². The van der Waals surface area contributed by atoms with Crippen LogP contribution in [0, 0.1) is 0 Å². The van der Waals surface area contributed by atoms with Gasteiger partial charge in [0.05, 0.1) is 12.8 Å². The summed E-state index contributed by atoms with van der Waals surface area (Å²) >= 11 is 9.36. The number of nitrogens with one attached hydrogen (secondary N) is 2. The number of anilines is 1. The molecule has 0 aliphatic rings. The van der Waals surface area contributed by atoms with E-state index in [-0.39, 0.29) is 12.5 Å². The zero-order valence-corrected chi connectivity index (χ0v) is 19.9. The van der Waals surface area contributed by atoms with Gasteiger partial charge in [-0.25, -0.2) is 5.43 Å². The summed E-state index contributed by atoms with van der Waals surface area (Å²) < 4.78 is 7.06. The maximum absolute atomic E-state index is 12.2. The molecular weight excluding hydrogens is 502 g/mol. The molecule has 0 spiro atoms. The van der Waals surface area contributed by atoms with Gasteiger partial charge in [-0.15, -0.1) is 0 Å². The number of carbonyl (C=O) groups excluding carboxylic acids is 1. The van der Waals surface area contributed by atoms with Crippen LogP contribution in [0.5, 0.6) is 5.75 Å². The SMILES string of the molecule is O=C(CNc1ccc(Br)cc1)N/N=C\c1c(OCc2ccc(Cl)cc2)ccc2ccccc12. The number of rotatable bonds is 8. The van der Waals surface area contributed by atoms with E-state index in [0.29, 0.717) is 17.4 Å². The molecule has 4 aromatic rings. The fourth-order valence-corrected chi connectivity index (χ4v) is 3.63. The van der Waals surface area contributed by atoms with Crippen LogP contribution in [-0.4, -0.2) is 18.7 Å². The largest absolute Gasteiger partial charge is 0.488 e. The average molecular weight is 523 g/mol. The Morgan fingerprint density at radius 3 is 2.52 bits per heavy atom. The van der Waals surface area contributed by atoms with Crippen LogP contribution in [-0.2, 0) is 11.4 Å². The number of hydrogen-bond donors (Lipinski definition) is 2. The van der Waals surface area contributed by atoms with Crippen molar-refractivity contribution in [2.45, 2.75) is 6.61 Å². The number of nitrogens with zero attached hydrogens (tertiary/aromatic N) is 1. The second-order valence-electron chi connectivity index (χ2n) is 7.27. The molecule has 0 atom stereocenters. The first-order valence-corrected chi connectivity index (χ1v) is 11.5. The van der Waals surface area contributed by atoms with Crippen LogP contribution >= 0.6 is 27.5 Å². The third-order valence-electron chi connectivity index (χ3n) is 4.92. The Hall–Kier alpha value is -3.35. The predicted molar refractivity (Wildman–Crippen MR) is 138 cm³/mol. The number of benzene rings is 4. The molecule has 0 saturated heterocycles. The minimum atomic E-state index is -0.252. The van der Waals surface area contributed by atoms with Crippen LogP contribution in [0.3, 0.4) is 0 Å². The smallest absolute Gasteiger partial charge is 0.259 e. The number of hydrazone groups is 1. The zero-order valence-electron chi connectivity index (χ0n) is 17.6. The molecular formula is C26H21BrClN3O2. The van der Waals surface area contributed by atoms with E-state index in [1.807, 2.05) is 84.9 Å². The molecule has 4 rings (SSSR count). The van der Waals surface area contributed by atoms with Gasteiger partial charge in [-0.1, -0.05) is 70.0 Å². The Bertz CT molecular complexity index is 1280. The molecule has 1 amide bonds. The van der Waals surface area contributed by atoms with E-state index < -0.39 is 0 Å². The summed E-state index contributed by atoms with van der Waals surface area (Å²) in [5.74, 6) is 0.424. The Balaban J connectivity index is 1.45. The first-order chi connectivity index (χ1) is 16.1. The molecule has 0 aliphatic carbocycles. The fraction of sp³-hybridized carbons (Fsp3) is 0.0769. The number of halogens is 2. The molecule has 7 heteroatoms. The second kappa shape index (κ2) is 11.0. The standard InChI is InChI=1S/C26H21BrClN3O2/c27-20-8-12-22(13-9-20)29-16-26(32)31-30-15-24-23-4-2-1-3-19(23)7-14-25(24)33-17-18-5-10-21(28)11-6-18/h1-15,29H,16-17H2,(H,31,32)/b30-15-. The number of carbonyl (C=O) groups is 1. The topological polar surface area (TPSA) is 62.7 Å². The first kappa shape index (κ1) is 22.8. The Morgan fingerprint density at radius 1 is 0.970 bits per heavy atom. The lowest BCUT2D eigenvalue weighted by molar-refractivity contribution is -0.119. The van der Waals surface area contributed by atoms with Crippen molar-refractivity contribution in [3.8, 4) is 5.75 Å². The molecule has 4 aromatic carbocycles. The van der Waals surface area contributed by atoms with Crippen molar-refractivity contribution < 1.29 is 9.53 Å². The summed E-state index contributed by atoms with van der Waals surface area (Å²) in [6, 6.07) is 27.0. The Morgan fingerprint density at radius 2 is 1.73 bits per heavy atom.